The van der Waals surface area contributed by atoms with Gasteiger partial charge >= 0.3 is 0 Å². The Morgan fingerprint density at radius 3 is 2.60 bits per heavy atom. The van der Waals surface area contributed by atoms with Crippen molar-refractivity contribution in [2.75, 3.05) is 12.3 Å². The molecule has 1 aromatic heterocycles. The van der Waals surface area contributed by atoms with E-state index in [1.807, 2.05) is 35.7 Å². The maximum atomic E-state index is 12.7. The van der Waals surface area contributed by atoms with Crippen molar-refractivity contribution in [3.8, 4) is 0 Å². The molecule has 0 atom stereocenters. The SMILES string of the molecule is O=C(NCCSCc1ccsc1)c1ccc(Cl)c(S(=O)(=O)NCc2ccccc2)c1. The van der Waals surface area contributed by atoms with Crippen molar-refractivity contribution in [1.82, 2.24) is 10.0 Å². The molecule has 0 saturated heterocycles. The zero-order chi connectivity index (χ0) is 21.4. The second-order valence-electron chi connectivity index (χ2n) is 6.40. The molecule has 0 bridgehead atoms. The molecule has 0 unspecified atom stereocenters. The highest BCUT2D eigenvalue weighted by Crippen LogP contribution is 2.23. The van der Waals surface area contributed by atoms with E-state index in [9.17, 15) is 13.2 Å². The Morgan fingerprint density at radius 2 is 1.87 bits per heavy atom. The van der Waals surface area contributed by atoms with Gasteiger partial charge in [0.25, 0.3) is 5.91 Å². The van der Waals surface area contributed by atoms with Crippen LogP contribution in [0.15, 0.2) is 70.3 Å². The lowest BCUT2D eigenvalue weighted by atomic mass is 10.2. The quantitative estimate of drug-likeness (QED) is 0.417. The van der Waals surface area contributed by atoms with Crippen molar-refractivity contribution >= 4 is 50.6 Å². The maximum Gasteiger partial charge on any atom is 0.251 e. The number of thiophene rings is 1. The van der Waals surface area contributed by atoms with Crippen LogP contribution in [0.4, 0.5) is 0 Å². The minimum absolute atomic E-state index is 0.0680. The molecule has 0 spiro atoms. The molecule has 1 amide bonds. The maximum absolute atomic E-state index is 12.7. The number of hydrogen-bond acceptors (Lipinski definition) is 5. The fourth-order valence-electron chi connectivity index (χ4n) is 2.61. The summed E-state index contributed by atoms with van der Waals surface area (Å²) in [6.07, 6.45) is 0. The minimum Gasteiger partial charge on any atom is -0.351 e. The van der Waals surface area contributed by atoms with Crippen LogP contribution in [-0.4, -0.2) is 26.6 Å². The Labute approximate surface area is 189 Å². The van der Waals surface area contributed by atoms with Gasteiger partial charge in [0.05, 0.1) is 5.02 Å². The molecule has 9 heteroatoms. The van der Waals surface area contributed by atoms with Gasteiger partial charge in [-0.15, -0.1) is 0 Å². The molecule has 1 heterocycles. The minimum atomic E-state index is -3.86. The van der Waals surface area contributed by atoms with Gasteiger partial charge in [-0.3, -0.25) is 4.79 Å². The second-order valence-corrected chi connectivity index (χ2v) is 10.4. The summed E-state index contributed by atoms with van der Waals surface area (Å²) in [6, 6.07) is 15.5. The van der Waals surface area contributed by atoms with E-state index in [-0.39, 0.29) is 27.9 Å². The number of sulfonamides is 1. The molecular weight excluding hydrogens is 460 g/mol. The Bertz CT molecular complexity index is 1070. The number of carbonyl (C=O) groups is 1. The largest absolute Gasteiger partial charge is 0.351 e. The molecule has 158 valence electrons. The van der Waals surface area contributed by atoms with E-state index in [1.54, 1.807) is 23.1 Å². The van der Waals surface area contributed by atoms with Crippen molar-refractivity contribution < 1.29 is 13.2 Å². The van der Waals surface area contributed by atoms with E-state index in [0.717, 1.165) is 17.1 Å². The summed E-state index contributed by atoms with van der Waals surface area (Å²) >= 11 is 9.50. The summed E-state index contributed by atoms with van der Waals surface area (Å²) in [7, 11) is -3.86. The van der Waals surface area contributed by atoms with Crippen molar-refractivity contribution in [3.05, 3.63) is 87.1 Å². The summed E-state index contributed by atoms with van der Waals surface area (Å²) in [6.45, 7) is 0.627. The van der Waals surface area contributed by atoms with Crippen LogP contribution < -0.4 is 10.0 Å². The van der Waals surface area contributed by atoms with Crippen molar-refractivity contribution in [1.29, 1.82) is 0 Å². The van der Waals surface area contributed by atoms with E-state index in [0.29, 0.717) is 6.54 Å². The third kappa shape index (κ3) is 6.58. The summed E-state index contributed by atoms with van der Waals surface area (Å²) in [5.74, 6) is 1.33. The molecule has 0 fully saturated rings. The average Bonchev–Trinajstić information content (AvgIpc) is 3.26. The predicted molar refractivity (Wildman–Crippen MR) is 125 cm³/mol. The number of thioether (sulfide) groups is 1. The van der Waals surface area contributed by atoms with Crippen LogP contribution in [0.5, 0.6) is 0 Å². The number of nitrogens with one attached hydrogen (secondary N) is 2. The van der Waals surface area contributed by atoms with Crippen molar-refractivity contribution in [3.63, 3.8) is 0 Å². The number of carbonyl (C=O) groups excluding carboxylic acids is 1. The summed E-state index contributed by atoms with van der Waals surface area (Å²) < 4.78 is 27.9. The van der Waals surface area contributed by atoms with E-state index in [1.165, 1.54) is 23.8 Å². The molecule has 0 saturated carbocycles. The number of benzene rings is 2. The highest BCUT2D eigenvalue weighted by Gasteiger charge is 2.20. The van der Waals surface area contributed by atoms with Gasteiger partial charge in [0.1, 0.15) is 4.90 Å². The fraction of sp³-hybridized carbons (Fsp3) is 0.190. The normalized spacial score (nSPS) is 11.4. The van der Waals surface area contributed by atoms with Crippen LogP contribution in [0.2, 0.25) is 5.02 Å². The third-order valence-electron chi connectivity index (χ3n) is 4.17. The van der Waals surface area contributed by atoms with Crippen LogP contribution in [-0.2, 0) is 22.3 Å². The first-order valence-electron chi connectivity index (χ1n) is 9.16. The number of amides is 1. The Morgan fingerprint density at radius 1 is 1.07 bits per heavy atom. The van der Waals surface area contributed by atoms with Gasteiger partial charge in [0.15, 0.2) is 0 Å². The van der Waals surface area contributed by atoms with Crippen LogP contribution in [0.25, 0.3) is 0 Å². The van der Waals surface area contributed by atoms with E-state index in [2.05, 4.69) is 21.5 Å². The second kappa shape index (κ2) is 11.0. The Kier molecular flexibility index (Phi) is 8.35. The highest BCUT2D eigenvalue weighted by atomic mass is 35.5. The first kappa shape index (κ1) is 22.8. The standard InChI is InChI=1S/C21H21ClN2O3S3/c22-19-7-6-18(21(25)23-9-11-29-15-17-8-10-28-14-17)12-20(19)30(26,27)24-13-16-4-2-1-3-5-16/h1-8,10,12,14,24H,9,11,13,15H2,(H,23,25). The molecule has 0 radical (unpaired) electrons. The van der Waals surface area contributed by atoms with Gasteiger partial charge in [-0.25, -0.2) is 13.1 Å². The van der Waals surface area contributed by atoms with Gasteiger partial charge in [-0.2, -0.15) is 23.1 Å². The smallest absolute Gasteiger partial charge is 0.251 e. The van der Waals surface area contributed by atoms with Crippen molar-refractivity contribution in [2.24, 2.45) is 0 Å². The Balaban J connectivity index is 1.57. The van der Waals surface area contributed by atoms with Crippen molar-refractivity contribution in [2.45, 2.75) is 17.2 Å². The molecule has 3 aromatic rings. The zero-order valence-electron chi connectivity index (χ0n) is 16.0. The summed E-state index contributed by atoms with van der Waals surface area (Å²) in [5, 5.41) is 7.03. The summed E-state index contributed by atoms with van der Waals surface area (Å²) in [4.78, 5) is 12.3. The molecule has 0 aliphatic rings. The van der Waals surface area contributed by atoms with Gasteiger partial charge in [0, 0.05) is 30.2 Å². The topological polar surface area (TPSA) is 75.3 Å². The van der Waals surface area contributed by atoms with Crippen LogP contribution in [0.3, 0.4) is 0 Å². The zero-order valence-corrected chi connectivity index (χ0v) is 19.2. The molecule has 3 rings (SSSR count). The monoisotopic (exact) mass is 480 g/mol. The summed E-state index contributed by atoms with van der Waals surface area (Å²) in [5.41, 5.74) is 2.35. The van der Waals surface area contributed by atoms with Crippen LogP contribution in [0, 0.1) is 0 Å². The molecule has 5 nitrogen and oxygen atoms in total. The lowest BCUT2D eigenvalue weighted by Gasteiger charge is -2.11. The highest BCUT2D eigenvalue weighted by molar-refractivity contribution is 7.98. The first-order chi connectivity index (χ1) is 14.5. The fourth-order valence-corrected chi connectivity index (χ4v) is 5.73. The number of halogens is 1. The molecular formula is C21H21ClN2O3S3. The number of rotatable bonds is 10. The average molecular weight is 481 g/mol. The molecule has 2 N–H and O–H groups in total. The van der Waals surface area contributed by atoms with Crippen LogP contribution >= 0.6 is 34.7 Å². The molecule has 30 heavy (non-hydrogen) atoms. The number of hydrogen-bond donors (Lipinski definition) is 2. The van der Waals surface area contributed by atoms with E-state index < -0.39 is 10.0 Å². The van der Waals surface area contributed by atoms with Gasteiger partial charge in [0.2, 0.25) is 10.0 Å². The predicted octanol–water partition coefficient (Wildman–Crippen LogP) is 4.54. The van der Waals surface area contributed by atoms with Gasteiger partial charge < -0.3 is 5.32 Å². The lowest BCUT2D eigenvalue weighted by Crippen LogP contribution is -2.27. The van der Waals surface area contributed by atoms with E-state index in [4.69, 9.17) is 11.6 Å². The van der Waals surface area contributed by atoms with Gasteiger partial charge in [-0.1, -0.05) is 41.9 Å². The Hall–Kier alpha value is -1.84. The molecule has 2 aromatic carbocycles. The lowest BCUT2D eigenvalue weighted by molar-refractivity contribution is 0.0956. The molecule has 0 aliphatic heterocycles. The van der Waals surface area contributed by atoms with Gasteiger partial charge in [-0.05, 0) is 46.2 Å². The molecule has 0 aliphatic carbocycles. The van der Waals surface area contributed by atoms with Crippen LogP contribution in [0.1, 0.15) is 21.5 Å². The first-order valence-corrected chi connectivity index (χ1v) is 13.1. The third-order valence-corrected chi connectivity index (χ3v) is 7.82. The van der Waals surface area contributed by atoms with E-state index >= 15 is 0 Å².